The number of rotatable bonds is 5. The van der Waals surface area contributed by atoms with Crippen LogP contribution in [0.3, 0.4) is 0 Å². The molecule has 1 aromatic carbocycles. The Morgan fingerprint density at radius 1 is 1.24 bits per heavy atom. The molecule has 3 rings (SSSR count). The Balaban J connectivity index is 1.57. The molecule has 1 atom stereocenters. The Morgan fingerprint density at radius 3 is 2.62 bits per heavy atom. The van der Waals surface area contributed by atoms with E-state index in [1.54, 1.807) is 0 Å². The van der Waals surface area contributed by atoms with Gasteiger partial charge in [0.05, 0.1) is 11.7 Å². The third kappa shape index (κ3) is 3.45. The summed E-state index contributed by atoms with van der Waals surface area (Å²) in [5.74, 6) is 0.856. The minimum atomic E-state index is 0.0566. The highest BCUT2D eigenvalue weighted by Gasteiger charge is 2.17. The molecule has 0 amide bonds. The van der Waals surface area contributed by atoms with Gasteiger partial charge in [0.15, 0.2) is 0 Å². The van der Waals surface area contributed by atoms with E-state index in [4.69, 9.17) is 10.5 Å². The van der Waals surface area contributed by atoms with Crippen molar-refractivity contribution >= 4 is 0 Å². The predicted octanol–water partition coefficient (Wildman–Crippen LogP) is 3.60. The van der Waals surface area contributed by atoms with E-state index in [0.29, 0.717) is 12.6 Å². The SMILES string of the molecule is CC(N)c1ccc(OCc2ccn(C3CCCC3)n2)cc1. The molecule has 0 saturated heterocycles. The van der Waals surface area contributed by atoms with Crippen molar-refractivity contribution in [1.29, 1.82) is 0 Å². The molecular formula is C17H23N3O. The van der Waals surface area contributed by atoms with Crippen LogP contribution in [0.25, 0.3) is 0 Å². The van der Waals surface area contributed by atoms with Gasteiger partial charge in [0.25, 0.3) is 0 Å². The molecular weight excluding hydrogens is 262 g/mol. The lowest BCUT2D eigenvalue weighted by molar-refractivity contribution is 0.298. The number of nitrogens with zero attached hydrogens (tertiary/aromatic N) is 2. The van der Waals surface area contributed by atoms with Crippen molar-refractivity contribution in [2.24, 2.45) is 5.73 Å². The zero-order chi connectivity index (χ0) is 14.7. The summed E-state index contributed by atoms with van der Waals surface area (Å²) in [5.41, 5.74) is 7.94. The van der Waals surface area contributed by atoms with Gasteiger partial charge in [-0.15, -0.1) is 0 Å². The summed E-state index contributed by atoms with van der Waals surface area (Å²) in [5, 5.41) is 4.62. The average Bonchev–Trinajstić information content (AvgIpc) is 3.16. The van der Waals surface area contributed by atoms with Crippen LogP contribution in [0, 0.1) is 0 Å². The predicted molar refractivity (Wildman–Crippen MR) is 83.1 cm³/mol. The van der Waals surface area contributed by atoms with Crippen LogP contribution in [-0.2, 0) is 6.61 Å². The van der Waals surface area contributed by atoms with Gasteiger partial charge < -0.3 is 10.5 Å². The molecule has 0 aliphatic heterocycles. The molecule has 2 N–H and O–H groups in total. The van der Waals surface area contributed by atoms with Gasteiger partial charge in [-0.05, 0) is 43.5 Å². The molecule has 0 bridgehead atoms. The molecule has 1 heterocycles. The van der Waals surface area contributed by atoms with Crippen molar-refractivity contribution in [1.82, 2.24) is 9.78 Å². The molecule has 0 radical (unpaired) electrons. The van der Waals surface area contributed by atoms with Crippen molar-refractivity contribution in [3.63, 3.8) is 0 Å². The Hall–Kier alpha value is -1.81. The van der Waals surface area contributed by atoms with E-state index in [2.05, 4.69) is 22.0 Å². The first-order valence-electron chi connectivity index (χ1n) is 7.75. The normalized spacial score (nSPS) is 17.0. The summed E-state index contributed by atoms with van der Waals surface area (Å²) in [6, 6.07) is 10.6. The van der Waals surface area contributed by atoms with Crippen LogP contribution in [0.5, 0.6) is 5.75 Å². The standard InChI is InChI=1S/C17H23N3O/c1-13(18)14-6-8-17(9-7-14)21-12-15-10-11-20(19-15)16-4-2-3-5-16/h6-11,13,16H,2-5,12,18H2,1H3. The summed E-state index contributed by atoms with van der Waals surface area (Å²) in [4.78, 5) is 0. The molecule has 4 nitrogen and oxygen atoms in total. The molecule has 4 heteroatoms. The monoisotopic (exact) mass is 285 g/mol. The molecule has 1 aliphatic carbocycles. The van der Waals surface area contributed by atoms with Crippen LogP contribution in [0.1, 0.15) is 55.9 Å². The fourth-order valence-electron chi connectivity index (χ4n) is 2.85. The van der Waals surface area contributed by atoms with Crippen LogP contribution in [0.15, 0.2) is 36.5 Å². The van der Waals surface area contributed by atoms with E-state index < -0.39 is 0 Å². The second-order valence-corrected chi connectivity index (χ2v) is 5.87. The Kier molecular flexibility index (Phi) is 4.25. The Morgan fingerprint density at radius 2 is 1.95 bits per heavy atom. The van der Waals surface area contributed by atoms with Crippen LogP contribution in [0.2, 0.25) is 0 Å². The van der Waals surface area contributed by atoms with E-state index in [-0.39, 0.29) is 6.04 Å². The molecule has 1 saturated carbocycles. The van der Waals surface area contributed by atoms with E-state index in [1.165, 1.54) is 25.7 Å². The van der Waals surface area contributed by atoms with Gasteiger partial charge in [-0.3, -0.25) is 4.68 Å². The maximum Gasteiger partial charge on any atom is 0.132 e. The Labute approximate surface area is 125 Å². The topological polar surface area (TPSA) is 53.1 Å². The highest BCUT2D eigenvalue weighted by atomic mass is 16.5. The second-order valence-electron chi connectivity index (χ2n) is 5.87. The van der Waals surface area contributed by atoms with Gasteiger partial charge in [-0.25, -0.2) is 0 Å². The first kappa shape index (κ1) is 14.1. The van der Waals surface area contributed by atoms with Crippen LogP contribution < -0.4 is 10.5 Å². The Bertz CT molecular complexity index is 568. The third-order valence-electron chi connectivity index (χ3n) is 4.15. The minimum Gasteiger partial charge on any atom is -0.487 e. The van der Waals surface area contributed by atoms with Crippen molar-refractivity contribution in [3.05, 3.63) is 47.8 Å². The minimum absolute atomic E-state index is 0.0566. The fraction of sp³-hybridized carbons (Fsp3) is 0.471. The average molecular weight is 285 g/mol. The number of hydrogen-bond donors (Lipinski definition) is 1. The van der Waals surface area contributed by atoms with Gasteiger partial charge >= 0.3 is 0 Å². The first-order chi connectivity index (χ1) is 10.2. The van der Waals surface area contributed by atoms with Crippen molar-refractivity contribution in [2.45, 2.75) is 51.3 Å². The maximum atomic E-state index is 5.84. The molecule has 1 unspecified atom stereocenters. The quantitative estimate of drug-likeness (QED) is 0.913. The van der Waals surface area contributed by atoms with Crippen LogP contribution in [-0.4, -0.2) is 9.78 Å². The summed E-state index contributed by atoms with van der Waals surface area (Å²) >= 11 is 0. The highest BCUT2D eigenvalue weighted by molar-refractivity contribution is 5.28. The fourth-order valence-corrected chi connectivity index (χ4v) is 2.85. The zero-order valence-corrected chi connectivity index (χ0v) is 12.5. The van der Waals surface area contributed by atoms with Gasteiger partial charge in [0, 0.05) is 12.2 Å². The first-order valence-corrected chi connectivity index (χ1v) is 7.75. The van der Waals surface area contributed by atoms with Gasteiger partial charge in [0.1, 0.15) is 12.4 Å². The van der Waals surface area contributed by atoms with Crippen LogP contribution >= 0.6 is 0 Å². The number of aromatic nitrogens is 2. The molecule has 1 aliphatic rings. The molecule has 1 aromatic heterocycles. The zero-order valence-electron chi connectivity index (χ0n) is 12.5. The number of nitrogens with two attached hydrogens (primary N) is 1. The lowest BCUT2D eigenvalue weighted by Crippen LogP contribution is -2.06. The molecule has 0 spiro atoms. The number of ether oxygens (including phenoxy) is 1. The molecule has 1 fully saturated rings. The van der Waals surface area contributed by atoms with E-state index in [9.17, 15) is 0 Å². The van der Waals surface area contributed by atoms with E-state index in [1.807, 2.05) is 31.2 Å². The second kappa shape index (κ2) is 6.31. The third-order valence-corrected chi connectivity index (χ3v) is 4.15. The van der Waals surface area contributed by atoms with Crippen molar-refractivity contribution in [2.75, 3.05) is 0 Å². The van der Waals surface area contributed by atoms with Gasteiger partial charge in [0.2, 0.25) is 0 Å². The van der Waals surface area contributed by atoms with Crippen molar-refractivity contribution in [3.8, 4) is 5.75 Å². The largest absolute Gasteiger partial charge is 0.487 e. The molecule has 112 valence electrons. The van der Waals surface area contributed by atoms with Gasteiger partial charge in [-0.2, -0.15) is 5.10 Å². The number of hydrogen-bond acceptors (Lipinski definition) is 3. The smallest absolute Gasteiger partial charge is 0.132 e. The molecule has 21 heavy (non-hydrogen) atoms. The summed E-state index contributed by atoms with van der Waals surface area (Å²) in [7, 11) is 0. The maximum absolute atomic E-state index is 5.84. The van der Waals surface area contributed by atoms with E-state index in [0.717, 1.165) is 17.0 Å². The lowest BCUT2D eigenvalue weighted by Gasteiger charge is -2.09. The summed E-state index contributed by atoms with van der Waals surface area (Å²) in [6.45, 7) is 2.49. The highest BCUT2D eigenvalue weighted by Crippen LogP contribution is 2.28. The molecule has 2 aromatic rings. The van der Waals surface area contributed by atoms with E-state index >= 15 is 0 Å². The summed E-state index contributed by atoms with van der Waals surface area (Å²) in [6.07, 6.45) is 7.22. The van der Waals surface area contributed by atoms with Gasteiger partial charge in [-0.1, -0.05) is 25.0 Å². The lowest BCUT2D eigenvalue weighted by atomic mass is 10.1. The summed E-state index contributed by atoms with van der Waals surface area (Å²) < 4.78 is 7.89. The van der Waals surface area contributed by atoms with Crippen LogP contribution in [0.4, 0.5) is 0 Å². The van der Waals surface area contributed by atoms with Crippen molar-refractivity contribution < 1.29 is 4.74 Å². The number of benzene rings is 1.